The van der Waals surface area contributed by atoms with E-state index in [-0.39, 0.29) is 6.04 Å². The molecule has 1 aromatic heterocycles. The highest BCUT2D eigenvalue weighted by atomic mass is 35.5. The molecule has 1 heterocycles. The Morgan fingerprint density at radius 2 is 1.89 bits per heavy atom. The van der Waals surface area contributed by atoms with Crippen LogP contribution in [0.1, 0.15) is 24.4 Å². The van der Waals surface area contributed by atoms with Crippen LogP contribution in [0.5, 0.6) is 0 Å². The first-order chi connectivity index (χ1) is 8.99. The Hall–Kier alpha value is -1.03. The average molecular weight is 298 g/mol. The van der Waals surface area contributed by atoms with Gasteiger partial charge in [-0.3, -0.25) is 4.90 Å². The van der Waals surface area contributed by atoms with Gasteiger partial charge in [-0.25, -0.2) is 4.98 Å². The lowest BCUT2D eigenvalue weighted by Crippen LogP contribution is -2.23. The minimum absolute atomic E-state index is 0.285. The first-order valence-corrected chi connectivity index (χ1v) is 6.86. The maximum Gasteiger partial charge on any atom is 0.128 e. The van der Waals surface area contributed by atoms with Gasteiger partial charge in [0, 0.05) is 18.1 Å². The Morgan fingerprint density at radius 3 is 2.42 bits per heavy atom. The highest BCUT2D eigenvalue weighted by molar-refractivity contribution is 6.30. The van der Waals surface area contributed by atoms with E-state index >= 15 is 0 Å². The summed E-state index contributed by atoms with van der Waals surface area (Å²) in [4.78, 5) is 6.54. The summed E-state index contributed by atoms with van der Waals surface area (Å²) in [6.45, 7) is 2.90. The Morgan fingerprint density at radius 1 is 1.26 bits per heavy atom. The van der Waals surface area contributed by atoms with Gasteiger partial charge in [0.25, 0.3) is 0 Å². The van der Waals surface area contributed by atoms with Crippen molar-refractivity contribution in [2.45, 2.75) is 19.5 Å². The number of hydrogen-bond acceptors (Lipinski definition) is 2. The number of imidazole rings is 1. The molecule has 0 saturated heterocycles. The monoisotopic (exact) mass is 297 g/mol. The van der Waals surface area contributed by atoms with Gasteiger partial charge in [0.15, 0.2) is 0 Å². The fourth-order valence-corrected chi connectivity index (χ4v) is 2.20. The second kappa shape index (κ2) is 5.95. The molecule has 102 valence electrons. The van der Waals surface area contributed by atoms with Gasteiger partial charge in [0.2, 0.25) is 0 Å². The minimum atomic E-state index is 0.285. The smallest absolute Gasteiger partial charge is 0.128 e. The van der Waals surface area contributed by atoms with Crippen molar-refractivity contribution in [3.05, 3.63) is 52.0 Å². The van der Waals surface area contributed by atoms with Crippen molar-refractivity contribution in [2.24, 2.45) is 7.05 Å². The van der Waals surface area contributed by atoms with Crippen LogP contribution < -0.4 is 0 Å². The highest BCUT2D eigenvalue weighted by Gasteiger charge is 2.14. The van der Waals surface area contributed by atoms with E-state index in [1.807, 2.05) is 23.7 Å². The zero-order valence-corrected chi connectivity index (χ0v) is 12.8. The molecule has 2 rings (SSSR count). The largest absolute Gasteiger partial charge is 0.321 e. The summed E-state index contributed by atoms with van der Waals surface area (Å²) in [7, 11) is 3.99. The summed E-state index contributed by atoms with van der Waals surface area (Å²) in [5.41, 5.74) is 1.23. The molecular formula is C14H17Cl2N3. The molecule has 0 aliphatic heterocycles. The Kier molecular flexibility index (Phi) is 4.50. The molecule has 0 fully saturated rings. The van der Waals surface area contributed by atoms with Crippen LogP contribution >= 0.6 is 23.2 Å². The predicted octanol–water partition coefficient (Wildman–Crippen LogP) is 3.92. The van der Waals surface area contributed by atoms with E-state index in [2.05, 4.69) is 36.0 Å². The van der Waals surface area contributed by atoms with Gasteiger partial charge in [-0.2, -0.15) is 0 Å². The first kappa shape index (κ1) is 14.4. The molecule has 5 heteroatoms. The molecule has 0 bridgehead atoms. The van der Waals surface area contributed by atoms with E-state index in [9.17, 15) is 0 Å². The molecule has 0 spiro atoms. The molecule has 1 unspecified atom stereocenters. The fraction of sp³-hybridized carbons (Fsp3) is 0.357. The first-order valence-electron chi connectivity index (χ1n) is 6.11. The van der Waals surface area contributed by atoms with Gasteiger partial charge in [-0.1, -0.05) is 35.3 Å². The molecule has 2 aromatic rings. The third-order valence-electron chi connectivity index (χ3n) is 3.43. The summed E-state index contributed by atoms with van der Waals surface area (Å²) in [5.74, 6) is 0.952. The lowest BCUT2D eigenvalue weighted by Gasteiger charge is -2.24. The molecule has 19 heavy (non-hydrogen) atoms. The second-order valence-electron chi connectivity index (χ2n) is 4.70. The van der Waals surface area contributed by atoms with Crippen LogP contribution in [0, 0.1) is 0 Å². The highest BCUT2D eigenvalue weighted by Crippen LogP contribution is 2.22. The molecular weight excluding hydrogens is 281 g/mol. The number of hydrogen-bond donors (Lipinski definition) is 0. The third kappa shape index (κ3) is 3.30. The van der Waals surface area contributed by atoms with Crippen LogP contribution in [0.3, 0.4) is 0 Å². The van der Waals surface area contributed by atoms with Crippen LogP contribution in [-0.4, -0.2) is 21.5 Å². The zero-order valence-electron chi connectivity index (χ0n) is 11.3. The molecule has 0 aliphatic rings. The molecule has 0 amide bonds. The Bertz CT molecular complexity index is 548. The van der Waals surface area contributed by atoms with Gasteiger partial charge < -0.3 is 4.57 Å². The van der Waals surface area contributed by atoms with Crippen LogP contribution in [0.25, 0.3) is 0 Å². The van der Waals surface area contributed by atoms with Crippen molar-refractivity contribution < 1.29 is 0 Å². The number of halogens is 2. The van der Waals surface area contributed by atoms with E-state index in [1.54, 1.807) is 6.20 Å². The predicted molar refractivity (Wildman–Crippen MR) is 79.6 cm³/mol. The van der Waals surface area contributed by atoms with E-state index in [1.165, 1.54) is 5.56 Å². The van der Waals surface area contributed by atoms with Crippen molar-refractivity contribution >= 4 is 23.2 Å². The van der Waals surface area contributed by atoms with Gasteiger partial charge >= 0.3 is 0 Å². The molecule has 0 aliphatic carbocycles. The molecule has 0 radical (unpaired) electrons. The van der Waals surface area contributed by atoms with Crippen molar-refractivity contribution in [1.29, 1.82) is 0 Å². The summed E-state index contributed by atoms with van der Waals surface area (Å²) in [6.07, 6.45) is 1.68. The number of rotatable bonds is 4. The van der Waals surface area contributed by atoms with Crippen LogP contribution in [-0.2, 0) is 13.6 Å². The van der Waals surface area contributed by atoms with Crippen LogP contribution in [0.2, 0.25) is 10.2 Å². The van der Waals surface area contributed by atoms with E-state index in [0.717, 1.165) is 17.4 Å². The maximum absolute atomic E-state index is 5.99. The van der Waals surface area contributed by atoms with Crippen molar-refractivity contribution in [1.82, 2.24) is 14.5 Å². The summed E-state index contributed by atoms with van der Waals surface area (Å²) in [6, 6.07) is 8.22. The maximum atomic E-state index is 5.99. The quantitative estimate of drug-likeness (QED) is 0.853. The normalized spacial score (nSPS) is 12.9. The van der Waals surface area contributed by atoms with Gasteiger partial charge in [0.05, 0.1) is 12.7 Å². The standard InChI is InChI=1S/C14H17Cl2N3/c1-10(11-4-6-12(15)7-5-11)18(2)9-14-17-8-13(16)19(14)3/h4-8,10H,9H2,1-3H3. The SMILES string of the molecule is CC(c1ccc(Cl)cc1)N(C)Cc1ncc(Cl)n1C. The lowest BCUT2D eigenvalue weighted by atomic mass is 10.1. The van der Waals surface area contributed by atoms with E-state index < -0.39 is 0 Å². The van der Waals surface area contributed by atoms with Crippen molar-refractivity contribution in [2.75, 3.05) is 7.05 Å². The minimum Gasteiger partial charge on any atom is -0.321 e. The molecule has 1 aromatic carbocycles. The second-order valence-corrected chi connectivity index (χ2v) is 5.52. The summed E-state index contributed by atoms with van der Waals surface area (Å²) in [5, 5.41) is 1.41. The fourth-order valence-electron chi connectivity index (χ4n) is 1.93. The molecule has 3 nitrogen and oxygen atoms in total. The van der Waals surface area contributed by atoms with E-state index in [0.29, 0.717) is 5.15 Å². The van der Waals surface area contributed by atoms with Crippen molar-refractivity contribution in [3.8, 4) is 0 Å². The average Bonchev–Trinajstić information content (AvgIpc) is 2.71. The van der Waals surface area contributed by atoms with Gasteiger partial charge in [-0.15, -0.1) is 0 Å². The number of benzene rings is 1. The lowest BCUT2D eigenvalue weighted by molar-refractivity contribution is 0.244. The van der Waals surface area contributed by atoms with Crippen molar-refractivity contribution in [3.63, 3.8) is 0 Å². The third-order valence-corrected chi connectivity index (χ3v) is 4.04. The number of aromatic nitrogens is 2. The Labute approximate surface area is 123 Å². The van der Waals surface area contributed by atoms with Gasteiger partial charge in [-0.05, 0) is 31.7 Å². The van der Waals surface area contributed by atoms with E-state index in [4.69, 9.17) is 23.2 Å². The molecule has 0 saturated carbocycles. The van der Waals surface area contributed by atoms with Crippen LogP contribution in [0.4, 0.5) is 0 Å². The Balaban J connectivity index is 2.09. The van der Waals surface area contributed by atoms with Gasteiger partial charge in [0.1, 0.15) is 11.0 Å². The zero-order chi connectivity index (χ0) is 14.0. The topological polar surface area (TPSA) is 21.1 Å². The molecule has 1 atom stereocenters. The summed E-state index contributed by atoms with van der Waals surface area (Å²) >= 11 is 11.9. The summed E-state index contributed by atoms with van der Waals surface area (Å²) < 4.78 is 1.90. The number of nitrogens with zero attached hydrogens (tertiary/aromatic N) is 3. The molecule has 0 N–H and O–H groups in total. The van der Waals surface area contributed by atoms with Crippen LogP contribution in [0.15, 0.2) is 30.5 Å².